The third kappa shape index (κ3) is 2.79. The van der Waals surface area contributed by atoms with Crippen molar-refractivity contribution in [1.82, 2.24) is 4.31 Å². The Balaban J connectivity index is 2.43. The normalized spacial score (nSPS) is 25.1. The molecule has 0 aromatic heterocycles. The highest BCUT2D eigenvalue weighted by molar-refractivity contribution is 7.86. The Bertz CT molecular complexity index is 617. The van der Waals surface area contributed by atoms with Crippen molar-refractivity contribution in [3.8, 4) is 0 Å². The largest absolute Gasteiger partial charge is 0.416 e. The van der Waals surface area contributed by atoms with Gasteiger partial charge in [0, 0.05) is 18.5 Å². The molecule has 9 heteroatoms. The van der Waals surface area contributed by atoms with Crippen LogP contribution in [0.2, 0.25) is 0 Å². The van der Waals surface area contributed by atoms with E-state index < -0.39 is 39.7 Å². The molecule has 0 amide bonds. The van der Waals surface area contributed by atoms with Gasteiger partial charge < -0.3 is 0 Å². The summed E-state index contributed by atoms with van der Waals surface area (Å²) in [6.07, 6.45) is -5.07. The van der Waals surface area contributed by atoms with Crippen molar-refractivity contribution in [2.24, 2.45) is 5.14 Å². The van der Waals surface area contributed by atoms with Gasteiger partial charge in [-0.05, 0) is 6.07 Å². The van der Waals surface area contributed by atoms with E-state index in [0.29, 0.717) is 4.31 Å². The molecule has 0 saturated carbocycles. The van der Waals surface area contributed by atoms with Gasteiger partial charge in [-0.3, -0.25) is 0 Å². The minimum absolute atomic E-state index is 0.248. The van der Waals surface area contributed by atoms with Crippen LogP contribution in [0.1, 0.15) is 17.5 Å². The zero-order chi connectivity index (χ0) is 15.2. The van der Waals surface area contributed by atoms with Crippen LogP contribution in [0, 0.1) is 0 Å². The zero-order valence-electron chi connectivity index (χ0n) is 10.2. The highest BCUT2D eigenvalue weighted by Crippen LogP contribution is 2.43. The van der Waals surface area contributed by atoms with Crippen LogP contribution >= 0.6 is 0 Å². The summed E-state index contributed by atoms with van der Waals surface area (Å²) in [6, 6.07) is 4.24. The Hall–Kier alpha value is -1.19. The number of nitrogens with zero attached hydrogens (tertiary/aromatic N) is 1. The molecule has 1 aliphatic heterocycles. The quantitative estimate of drug-likeness (QED) is 0.846. The Morgan fingerprint density at radius 3 is 2.35 bits per heavy atom. The fourth-order valence-electron chi connectivity index (χ4n) is 2.30. The molecule has 1 unspecified atom stereocenters. The molecule has 0 aliphatic carbocycles. The molecule has 2 rings (SSSR count). The molecule has 2 N–H and O–H groups in total. The number of halogens is 4. The van der Waals surface area contributed by atoms with Gasteiger partial charge in [-0.1, -0.05) is 18.2 Å². The predicted octanol–water partition coefficient (Wildman–Crippen LogP) is 1.78. The second kappa shape index (κ2) is 4.68. The monoisotopic (exact) mass is 312 g/mol. The van der Waals surface area contributed by atoms with Crippen LogP contribution in [0.25, 0.3) is 0 Å². The Morgan fingerprint density at radius 2 is 1.85 bits per heavy atom. The van der Waals surface area contributed by atoms with Crippen molar-refractivity contribution in [2.75, 3.05) is 13.1 Å². The lowest BCUT2D eigenvalue weighted by Crippen LogP contribution is -2.37. The highest BCUT2D eigenvalue weighted by atomic mass is 32.2. The lowest BCUT2D eigenvalue weighted by molar-refractivity contribution is -0.139. The molecule has 1 aromatic rings. The first-order valence-corrected chi connectivity index (χ1v) is 7.18. The van der Waals surface area contributed by atoms with Crippen molar-refractivity contribution >= 4 is 10.2 Å². The number of hydrogen-bond acceptors (Lipinski definition) is 2. The van der Waals surface area contributed by atoms with Crippen LogP contribution in [0.4, 0.5) is 17.6 Å². The highest BCUT2D eigenvalue weighted by Gasteiger charge is 2.47. The van der Waals surface area contributed by atoms with Crippen molar-refractivity contribution in [3.05, 3.63) is 35.4 Å². The van der Waals surface area contributed by atoms with E-state index in [-0.39, 0.29) is 13.0 Å². The maximum absolute atomic E-state index is 14.8. The topological polar surface area (TPSA) is 63.4 Å². The molecule has 1 aromatic carbocycles. The van der Waals surface area contributed by atoms with Crippen LogP contribution in [-0.4, -0.2) is 25.8 Å². The predicted molar refractivity (Wildman–Crippen MR) is 63.5 cm³/mol. The molecule has 4 nitrogen and oxygen atoms in total. The van der Waals surface area contributed by atoms with Gasteiger partial charge in [-0.25, -0.2) is 9.53 Å². The summed E-state index contributed by atoms with van der Waals surface area (Å²) in [4.78, 5) is 0. The number of alkyl halides is 4. The average molecular weight is 312 g/mol. The van der Waals surface area contributed by atoms with Crippen LogP contribution in [0.5, 0.6) is 0 Å². The van der Waals surface area contributed by atoms with Crippen molar-refractivity contribution < 1.29 is 26.0 Å². The molecule has 1 heterocycles. The smallest absolute Gasteiger partial charge is 0.237 e. The van der Waals surface area contributed by atoms with Gasteiger partial charge in [-0.2, -0.15) is 25.9 Å². The Labute approximate surface area is 113 Å². The van der Waals surface area contributed by atoms with E-state index in [1.165, 1.54) is 6.07 Å². The molecule has 1 saturated heterocycles. The van der Waals surface area contributed by atoms with E-state index in [1.54, 1.807) is 0 Å². The van der Waals surface area contributed by atoms with Gasteiger partial charge in [0.05, 0.1) is 12.1 Å². The number of rotatable bonds is 2. The Morgan fingerprint density at radius 1 is 1.25 bits per heavy atom. The molecule has 0 radical (unpaired) electrons. The van der Waals surface area contributed by atoms with Crippen molar-refractivity contribution in [1.29, 1.82) is 0 Å². The van der Waals surface area contributed by atoms with Crippen LogP contribution < -0.4 is 5.14 Å². The average Bonchev–Trinajstić information content (AvgIpc) is 2.72. The van der Waals surface area contributed by atoms with Gasteiger partial charge in [-0.15, -0.1) is 0 Å². The third-order valence-corrected chi connectivity index (χ3v) is 4.29. The first-order chi connectivity index (χ1) is 9.04. The van der Waals surface area contributed by atoms with Crippen LogP contribution in [-0.2, 0) is 22.1 Å². The molecule has 0 spiro atoms. The van der Waals surface area contributed by atoms with E-state index in [4.69, 9.17) is 5.14 Å². The zero-order valence-corrected chi connectivity index (χ0v) is 11.0. The summed E-state index contributed by atoms with van der Waals surface area (Å²) in [5.41, 5.74) is -4.05. The van der Waals surface area contributed by atoms with Gasteiger partial charge in [0.2, 0.25) is 0 Å². The van der Waals surface area contributed by atoms with Gasteiger partial charge in [0.25, 0.3) is 10.2 Å². The standard InChI is InChI=1S/C11H12F4N2O2S/c12-10(5-6-17(7-10)20(16,18)19)8-3-1-2-4-9(8)11(13,14)15/h1-4H,5-7H2,(H2,16,18,19). The summed E-state index contributed by atoms with van der Waals surface area (Å²) in [5.74, 6) is 0. The van der Waals surface area contributed by atoms with Crippen LogP contribution in [0.15, 0.2) is 24.3 Å². The maximum atomic E-state index is 14.8. The van der Waals surface area contributed by atoms with Gasteiger partial charge in [0.1, 0.15) is 0 Å². The van der Waals surface area contributed by atoms with E-state index in [9.17, 15) is 26.0 Å². The number of hydrogen-bond donors (Lipinski definition) is 1. The Kier molecular flexibility index (Phi) is 3.55. The molecule has 1 atom stereocenters. The number of nitrogens with two attached hydrogens (primary N) is 1. The molecule has 1 aliphatic rings. The minimum atomic E-state index is -4.70. The fourth-order valence-corrected chi connectivity index (χ4v) is 3.03. The lowest BCUT2D eigenvalue weighted by atomic mass is 9.90. The third-order valence-electron chi connectivity index (χ3n) is 3.26. The second-order valence-electron chi connectivity index (χ2n) is 4.64. The van der Waals surface area contributed by atoms with Crippen molar-refractivity contribution in [3.63, 3.8) is 0 Å². The second-order valence-corrected chi connectivity index (χ2v) is 6.18. The number of benzene rings is 1. The molecule has 112 valence electrons. The van der Waals surface area contributed by atoms with E-state index in [2.05, 4.69) is 0 Å². The molecule has 1 fully saturated rings. The van der Waals surface area contributed by atoms with Gasteiger partial charge >= 0.3 is 6.18 Å². The summed E-state index contributed by atoms with van der Waals surface area (Å²) < 4.78 is 76.3. The molecular weight excluding hydrogens is 300 g/mol. The van der Waals surface area contributed by atoms with Crippen LogP contribution in [0.3, 0.4) is 0 Å². The first-order valence-electron chi connectivity index (χ1n) is 5.67. The molecule has 0 bridgehead atoms. The molecule has 20 heavy (non-hydrogen) atoms. The SMILES string of the molecule is NS(=O)(=O)N1CCC(F)(c2ccccc2C(F)(F)F)C1. The molecular formula is C11H12F4N2O2S. The van der Waals surface area contributed by atoms with Crippen molar-refractivity contribution in [2.45, 2.75) is 18.3 Å². The summed E-state index contributed by atoms with van der Waals surface area (Å²) in [6.45, 7) is -0.958. The summed E-state index contributed by atoms with van der Waals surface area (Å²) >= 11 is 0. The minimum Gasteiger partial charge on any atom is -0.237 e. The first kappa shape index (κ1) is 15.2. The van der Waals surface area contributed by atoms with E-state index in [1.807, 2.05) is 0 Å². The van der Waals surface area contributed by atoms with Gasteiger partial charge in [0.15, 0.2) is 5.67 Å². The van der Waals surface area contributed by atoms with E-state index in [0.717, 1.165) is 18.2 Å². The summed E-state index contributed by atoms with van der Waals surface area (Å²) in [5, 5.41) is 4.87. The van der Waals surface area contributed by atoms with E-state index >= 15 is 0 Å². The fraction of sp³-hybridized carbons (Fsp3) is 0.455. The summed E-state index contributed by atoms with van der Waals surface area (Å²) in [7, 11) is -4.12. The lowest BCUT2D eigenvalue weighted by Gasteiger charge is -2.24. The maximum Gasteiger partial charge on any atom is 0.416 e.